The van der Waals surface area contributed by atoms with Crippen molar-refractivity contribution in [3.8, 4) is 0 Å². The zero-order valence-electron chi connectivity index (χ0n) is 11.7. The van der Waals surface area contributed by atoms with Crippen LogP contribution in [0.4, 0.5) is 11.6 Å². The fourth-order valence-corrected chi connectivity index (χ4v) is 2.62. The van der Waals surface area contributed by atoms with Crippen molar-refractivity contribution in [1.29, 1.82) is 0 Å². The van der Waals surface area contributed by atoms with Gasteiger partial charge in [0.1, 0.15) is 11.6 Å². The molecule has 0 amide bonds. The van der Waals surface area contributed by atoms with E-state index in [9.17, 15) is 0 Å². The monoisotopic (exact) mass is 309 g/mol. The van der Waals surface area contributed by atoms with E-state index in [4.69, 9.17) is 23.2 Å². The summed E-state index contributed by atoms with van der Waals surface area (Å²) < 4.78 is 0. The molecule has 0 atom stereocenters. The number of aryl methyl sites for hydroxylation is 1. The second kappa shape index (κ2) is 6.33. The van der Waals surface area contributed by atoms with E-state index >= 15 is 0 Å². The van der Waals surface area contributed by atoms with Gasteiger partial charge in [0.25, 0.3) is 0 Å². The topological polar surface area (TPSA) is 28.2 Å². The number of nitrogens with zero attached hydrogens (tertiary/aromatic N) is 2. The van der Waals surface area contributed by atoms with Crippen LogP contribution in [0.25, 0.3) is 0 Å². The molecule has 0 aliphatic heterocycles. The van der Waals surface area contributed by atoms with Crippen LogP contribution >= 0.6 is 23.2 Å². The van der Waals surface area contributed by atoms with E-state index in [1.807, 2.05) is 24.1 Å². The van der Waals surface area contributed by atoms with Crippen LogP contribution in [0.1, 0.15) is 11.1 Å². The van der Waals surface area contributed by atoms with Gasteiger partial charge in [-0.05, 0) is 24.1 Å². The molecule has 0 bridgehead atoms. The first-order chi connectivity index (χ1) is 9.52. The molecule has 1 N–H and O–H groups in total. The molecular weight excluding hydrogens is 293 g/mol. The van der Waals surface area contributed by atoms with Crippen molar-refractivity contribution >= 4 is 34.8 Å². The number of pyridine rings is 1. The Bertz CT molecular complexity index is 614. The molecule has 0 aliphatic carbocycles. The predicted octanol–water partition coefficient (Wildman–Crippen LogP) is 4.37. The van der Waals surface area contributed by atoms with Gasteiger partial charge < -0.3 is 10.2 Å². The lowest BCUT2D eigenvalue weighted by Gasteiger charge is -2.21. The highest BCUT2D eigenvalue weighted by Crippen LogP contribution is 2.31. The summed E-state index contributed by atoms with van der Waals surface area (Å²) in [5.74, 6) is 1.34. The van der Waals surface area contributed by atoms with Crippen LogP contribution in [0.5, 0.6) is 0 Å². The van der Waals surface area contributed by atoms with Crippen molar-refractivity contribution in [2.45, 2.75) is 13.5 Å². The van der Waals surface area contributed by atoms with Crippen molar-refractivity contribution in [2.75, 3.05) is 24.3 Å². The zero-order chi connectivity index (χ0) is 14.7. The maximum absolute atomic E-state index is 6.24. The standard InChI is InChI=1S/C15H17Cl2N3/c1-10-6-4-5-7-11(10)9-20(3)15-13(17)8-12(16)14(18-2)19-15/h4-8H,9H2,1-3H3,(H,18,19). The van der Waals surface area contributed by atoms with Crippen LogP contribution in [0.2, 0.25) is 10.0 Å². The van der Waals surface area contributed by atoms with Crippen LogP contribution in [0, 0.1) is 6.92 Å². The summed E-state index contributed by atoms with van der Waals surface area (Å²) in [6, 6.07) is 9.98. The molecule has 0 saturated heterocycles. The third-order valence-electron chi connectivity index (χ3n) is 3.18. The van der Waals surface area contributed by atoms with Gasteiger partial charge in [-0.2, -0.15) is 0 Å². The van der Waals surface area contributed by atoms with Crippen molar-refractivity contribution in [1.82, 2.24) is 4.98 Å². The SMILES string of the molecule is CNc1nc(N(C)Cc2ccccc2C)c(Cl)cc1Cl. The lowest BCUT2D eigenvalue weighted by atomic mass is 10.1. The second-order valence-corrected chi connectivity index (χ2v) is 5.47. The number of aromatic nitrogens is 1. The Morgan fingerprint density at radius 1 is 1.20 bits per heavy atom. The number of benzene rings is 1. The molecule has 0 saturated carbocycles. The molecule has 20 heavy (non-hydrogen) atoms. The second-order valence-electron chi connectivity index (χ2n) is 4.66. The van der Waals surface area contributed by atoms with Crippen LogP contribution in [-0.2, 0) is 6.54 Å². The molecule has 1 heterocycles. The smallest absolute Gasteiger partial charge is 0.149 e. The van der Waals surface area contributed by atoms with E-state index in [0.29, 0.717) is 21.7 Å². The summed E-state index contributed by atoms with van der Waals surface area (Å²) in [5, 5.41) is 4.03. The highest BCUT2D eigenvalue weighted by Gasteiger charge is 2.13. The van der Waals surface area contributed by atoms with Crippen LogP contribution < -0.4 is 10.2 Å². The first-order valence-corrected chi connectivity index (χ1v) is 7.08. The molecule has 0 spiro atoms. The lowest BCUT2D eigenvalue weighted by Crippen LogP contribution is -2.19. The molecule has 106 valence electrons. The molecule has 5 heteroatoms. The van der Waals surface area contributed by atoms with Crippen molar-refractivity contribution in [3.63, 3.8) is 0 Å². The van der Waals surface area contributed by atoms with E-state index in [1.54, 1.807) is 13.1 Å². The molecule has 0 fully saturated rings. The third kappa shape index (κ3) is 3.17. The molecule has 1 aromatic carbocycles. The summed E-state index contributed by atoms with van der Waals surface area (Å²) in [4.78, 5) is 6.48. The summed E-state index contributed by atoms with van der Waals surface area (Å²) in [5.41, 5.74) is 2.49. The predicted molar refractivity (Wildman–Crippen MR) is 87.1 cm³/mol. The Hall–Kier alpha value is -1.45. The number of hydrogen-bond acceptors (Lipinski definition) is 3. The number of nitrogens with one attached hydrogen (secondary N) is 1. The average molecular weight is 310 g/mol. The summed E-state index contributed by atoms with van der Waals surface area (Å²) >= 11 is 12.3. The average Bonchev–Trinajstić information content (AvgIpc) is 2.41. The van der Waals surface area contributed by atoms with Gasteiger partial charge in [0.15, 0.2) is 0 Å². The maximum Gasteiger partial charge on any atom is 0.149 e. The quantitative estimate of drug-likeness (QED) is 0.908. The van der Waals surface area contributed by atoms with E-state index in [-0.39, 0.29) is 0 Å². The minimum atomic E-state index is 0.519. The highest BCUT2D eigenvalue weighted by atomic mass is 35.5. The molecule has 3 nitrogen and oxygen atoms in total. The summed E-state index contributed by atoms with van der Waals surface area (Å²) in [7, 11) is 3.75. The first-order valence-electron chi connectivity index (χ1n) is 6.32. The molecule has 2 aromatic rings. The van der Waals surface area contributed by atoms with Crippen molar-refractivity contribution in [3.05, 3.63) is 51.5 Å². The molecule has 0 radical (unpaired) electrons. The fraction of sp³-hybridized carbons (Fsp3) is 0.267. The Morgan fingerprint density at radius 2 is 1.90 bits per heavy atom. The van der Waals surface area contributed by atoms with Gasteiger partial charge in [0, 0.05) is 20.6 Å². The molecule has 0 aliphatic rings. The van der Waals surface area contributed by atoms with Gasteiger partial charge in [0.05, 0.1) is 10.0 Å². The van der Waals surface area contributed by atoms with Crippen LogP contribution in [-0.4, -0.2) is 19.1 Å². The number of anilines is 2. The first kappa shape index (κ1) is 14.9. The minimum absolute atomic E-state index is 0.519. The number of hydrogen-bond donors (Lipinski definition) is 1. The maximum atomic E-state index is 6.24. The number of halogens is 2. The Labute approximate surface area is 129 Å². The van der Waals surface area contributed by atoms with E-state index in [0.717, 1.165) is 6.54 Å². The van der Waals surface area contributed by atoms with Gasteiger partial charge in [-0.3, -0.25) is 0 Å². The zero-order valence-corrected chi connectivity index (χ0v) is 13.3. The van der Waals surface area contributed by atoms with Gasteiger partial charge in [-0.15, -0.1) is 0 Å². The van der Waals surface area contributed by atoms with E-state index in [2.05, 4.69) is 29.4 Å². The normalized spacial score (nSPS) is 10.4. The van der Waals surface area contributed by atoms with Crippen molar-refractivity contribution < 1.29 is 0 Å². The summed E-state index contributed by atoms with van der Waals surface area (Å²) in [6.45, 7) is 2.84. The molecule has 0 unspecified atom stereocenters. The van der Waals surface area contributed by atoms with Crippen LogP contribution in [0.15, 0.2) is 30.3 Å². The van der Waals surface area contributed by atoms with E-state index < -0.39 is 0 Å². The van der Waals surface area contributed by atoms with Crippen LogP contribution in [0.3, 0.4) is 0 Å². The number of rotatable bonds is 4. The fourth-order valence-electron chi connectivity index (χ4n) is 2.02. The van der Waals surface area contributed by atoms with Crippen molar-refractivity contribution in [2.24, 2.45) is 0 Å². The lowest BCUT2D eigenvalue weighted by molar-refractivity contribution is 0.892. The molecular formula is C15H17Cl2N3. The highest BCUT2D eigenvalue weighted by molar-refractivity contribution is 6.37. The van der Waals surface area contributed by atoms with Gasteiger partial charge in [-0.1, -0.05) is 47.5 Å². The Balaban J connectivity index is 2.30. The Morgan fingerprint density at radius 3 is 2.55 bits per heavy atom. The third-order valence-corrected chi connectivity index (χ3v) is 3.74. The van der Waals surface area contributed by atoms with Gasteiger partial charge in [-0.25, -0.2) is 4.98 Å². The molecule has 2 rings (SSSR count). The molecule has 1 aromatic heterocycles. The van der Waals surface area contributed by atoms with Gasteiger partial charge >= 0.3 is 0 Å². The summed E-state index contributed by atoms with van der Waals surface area (Å²) in [6.07, 6.45) is 0. The van der Waals surface area contributed by atoms with Gasteiger partial charge in [0.2, 0.25) is 0 Å². The Kier molecular flexibility index (Phi) is 4.73. The van der Waals surface area contributed by atoms with E-state index in [1.165, 1.54) is 11.1 Å². The largest absolute Gasteiger partial charge is 0.372 e. The minimum Gasteiger partial charge on any atom is -0.372 e.